The fraction of sp³-hybridized carbons (Fsp3) is 0.625. The fourth-order valence-corrected chi connectivity index (χ4v) is 3.46. The van der Waals surface area contributed by atoms with Gasteiger partial charge in [0.15, 0.2) is 0 Å². The third kappa shape index (κ3) is 2.51. The Morgan fingerprint density at radius 2 is 1.60 bits per heavy atom. The van der Waals surface area contributed by atoms with Crippen molar-refractivity contribution in [2.75, 3.05) is 0 Å². The molecule has 3 rings (SSSR count). The fourth-order valence-electron chi connectivity index (χ4n) is 3.46. The lowest BCUT2D eigenvalue weighted by Gasteiger charge is -2.28. The SMILES string of the molecule is OC1(O)c2c(ccc(OC3CCCCC3)c2C(F)F)C(F)(F)C1(F)F. The van der Waals surface area contributed by atoms with Crippen molar-refractivity contribution in [2.24, 2.45) is 0 Å². The average molecular weight is 370 g/mol. The molecule has 3 nitrogen and oxygen atoms in total. The predicted molar refractivity (Wildman–Crippen MR) is 73.9 cm³/mol. The van der Waals surface area contributed by atoms with Crippen molar-refractivity contribution in [1.82, 2.24) is 0 Å². The molecule has 1 aromatic rings. The molecule has 25 heavy (non-hydrogen) atoms. The zero-order valence-corrected chi connectivity index (χ0v) is 12.9. The van der Waals surface area contributed by atoms with E-state index in [-0.39, 0.29) is 0 Å². The van der Waals surface area contributed by atoms with Crippen molar-refractivity contribution in [3.8, 4) is 5.75 Å². The van der Waals surface area contributed by atoms with Gasteiger partial charge in [-0.3, -0.25) is 0 Å². The maximum absolute atomic E-state index is 13.9. The van der Waals surface area contributed by atoms with Gasteiger partial charge in [0.25, 0.3) is 12.2 Å². The van der Waals surface area contributed by atoms with Crippen LogP contribution in [0.4, 0.5) is 26.3 Å². The maximum Gasteiger partial charge on any atom is 0.371 e. The van der Waals surface area contributed by atoms with E-state index in [9.17, 15) is 36.6 Å². The molecule has 140 valence electrons. The Morgan fingerprint density at radius 3 is 2.16 bits per heavy atom. The van der Waals surface area contributed by atoms with Crippen LogP contribution in [0.15, 0.2) is 12.1 Å². The van der Waals surface area contributed by atoms with E-state index in [0.717, 1.165) is 25.3 Å². The van der Waals surface area contributed by atoms with Gasteiger partial charge in [0, 0.05) is 11.1 Å². The third-order valence-corrected chi connectivity index (χ3v) is 4.79. The van der Waals surface area contributed by atoms with E-state index < -0.39 is 52.6 Å². The maximum atomic E-state index is 13.9. The summed E-state index contributed by atoms with van der Waals surface area (Å²) in [6.07, 6.45) is -0.333. The molecule has 9 heteroatoms. The van der Waals surface area contributed by atoms with Crippen LogP contribution in [0.5, 0.6) is 5.75 Å². The standard InChI is InChI=1S/C16H16F6O3/c17-13(18)11-10(25-8-4-2-1-3-5-8)7-6-9-12(11)15(23,24)16(21,22)14(9,19)20/h6-8,13,23-24H,1-5H2. The van der Waals surface area contributed by atoms with Crippen LogP contribution in [0.25, 0.3) is 0 Å². The minimum Gasteiger partial charge on any atom is -0.490 e. The van der Waals surface area contributed by atoms with Crippen molar-refractivity contribution in [2.45, 2.75) is 62.3 Å². The Bertz CT molecular complexity index is 668. The van der Waals surface area contributed by atoms with Gasteiger partial charge in [-0.2, -0.15) is 17.6 Å². The molecule has 0 radical (unpaired) electrons. The smallest absolute Gasteiger partial charge is 0.371 e. The minimum absolute atomic E-state index is 0.460. The normalized spacial score (nSPS) is 24.4. The van der Waals surface area contributed by atoms with Crippen molar-refractivity contribution in [1.29, 1.82) is 0 Å². The number of fused-ring (bicyclic) bond motifs is 1. The second-order valence-corrected chi connectivity index (χ2v) is 6.40. The third-order valence-electron chi connectivity index (χ3n) is 4.79. The van der Waals surface area contributed by atoms with Crippen LogP contribution in [-0.2, 0) is 11.7 Å². The lowest BCUT2D eigenvalue weighted by Crippen LogP contribution is -2.49. The first kappa shape index (κ1) is 18.3. The van der Waals surface area contributed by atoms with Crippen LogP contribution in [0.3, 0.4) is 0 Å². The van der Waals surface area contributed by atoms with Gasteiger partial charge in [-0.1, -0.05) is 6.42 Å². The number of ether oxygens (including phenoxy) is 1. The summed E-state index contributed by atoms with van der Waals surface area (Å²) in [7, 11) is 0. The Kier molecular flexibility index (Phi) is 4.23. The molecular formula is C16H16F6O3. The molecule has 0 saturated heterocycles. The van der Waals surface area contributed by atoms with Gasteiger partial charge in [-0.05, 0) is 37.8 Å². The highest BCUT2D eigenvalue weighted by molar-refractivity contribution is 5.55. The van der Waals surface area contributed by atoms with Crippen molar-refractivity contribution in [3.05, 3.63) is 28.8 Å². The van der Waals surface area contributed by atoms with Gasteiger partial charge in [0.2, 0.25) is 0 Å². The number of hydrogen-bond acceptors (Lipinski definition) is 3. The zero-order chi connectivity index (χ0) is 18.6. The Labute approximate surface area is 139 Å². The summed E-state index contributed by atoms with van der Waals surface area (Å²) in [4.78, 5) is 0. The van der Waals surface area contributed by atoms with E-state index in [2.05, 4.69) is 0 Å². The molecule has 1 fully saturated rings. The van der Waals surface area contributed by atoms with Crippen LogP contribution in [0, 0.1) is 0 Å². The molecule has 0 aromatic heterocycles. The highest BCUT2D eigenvalue weighted by Crippen LogP contribution is 2.61. The molecule has 0 spiro atoms. The summed E-state index contributed by atoms with van der Waals surface area (Å²) in [6, 6.07) is 1.25. The summed E-state index contributed by atoms with van der Waals surface area (Å²) in [5, 5.41) is 19.2. The highest BCUT2D eigenvalue weighted by Gasteiger charge is 2.77. The van der Waals surface area contributed by atoms with Gasteiger partial charge in [0.05, 0.1) is 11.7 Å². The number of alkyl halides is 6. The summed E-state index contributed by atoms with van der Waals surface area (Å²) >= 11 is 0. The molecule has 2 aliphatic carbocycles. The van der Waals surface area contributed by atoms with Crippen LogP contribution < -0.4 is 4.74 Å². The van der Waals surface area contributed by atoms with Crippen molar-refractivity contribution >= 4 is 0 Å². The molecule has 2 N–H and O–H groups in total. The van der Waals surface area contributed by atoms with Gasteiger partial charge >= 0.3 is 11.8 Å². The van der Waals surface area contributed by atoms with E-state index in [1.807, 2.05) is 0 Å². The molecule has 0 heterocycles. The van der Waals surface area contributed by atoms with Crippen molar-refractivity contribution < 1.29 is 41.3 Å². The Morgan fingerprint density at radius 1 is 1.00 bits per heavy atom. The monoisotopic (exact) mass is 370 g/mol. The van der Waals surface area contributed by atoms with Gasteiger partial charge in [-0.15, -0.1) is 0 Å². The molecule has 1 aromatic carbocycles. The average Bonchev–Trinajstić information content (AvgIpc) is 2.64. The quantitative estimate of drug-likeness (QED) is 0.619. The number of hydrogen-bond donors (Lipinski definition) is 2. The summed E-state index contributed by atoms with van der Waals surface area (Å²) in [6.45, 7) is 0. The van der Waals surface area contributed by atoms with Crippen LogP contribution in [0.2, 0.25) is 0 Å². The van der Waals surface area contributed by atoms with Crippen LogP contribution in [0.1, 0.15) is 55.2 Å². The van der Waals surface area contributed by atoms with Gasteiger partial charge in [0.1, 0.15) is 5.75 Å². The molecule has 0 bridgehead atoms. The van der Waals surface area contributed by atoms with Gasteiger partial charge < -0.3 is 14.9 Å². The van der Waals surface area contributed by atoms with E-state index in [1.54, 1.807) is 0 Å². The predicted octanol–water partition coefficient (Wildman–Crippen LogP) is 4.21. The number of aliphatic hydroxyl groups is 2. The molecular weight excluding hydrogens is 354 g/mol. The number of benzene rings is 1. The lowest BCUT2D eigenvalue weighted by atomic mass is 9.96. The first-order chi connectivity index (χ1) is 11.5. The van der Waals surface area contributed by atoms with Crippen molar-refractivity contribution in [3.63, 3.8) is 0 Å². The van der Waals surface area contributed by atoms with E-state index in [0.29, 0.717) is 18.9 Å². The van der Waals surface area contributed by atoms with E-state index >= 15 is 0 Å². The topological polar surface area (TPSA) is 49.7 Å². The number of rotatable bonds is 3. The largest absolute Gasteiger partial charge is 0.490 e. The molecule has 0 amide bonds. The van der Waals surface area contributed by atoms with E-state index in [4.69, 9.17) is 4.74 Å². The molecule has 1 saturated carbocycles. The second kappa shape index (κ2) is 5.77. The first-order valence-electron chi connectivity index (χ1n) is 7.85. The number of halogens is 6. The van der Waals surface area contributed by atoms with E-state index in [1.165, 1.54) is 0 Å². The Hall–Kier alpha value is -1.48. The van der Waals surface area contributed by atoms with Gasteiger partial charge in [-0.25, -0.2) is 8.78 Å². The zero-order valence-electron chi connectivity index (χ0n) is 12.9. The second-order valence-electron chi connectivity index (χ2n) is 6.40. The molecule has 0 atom stereocenters. The molecule has 0 unspecified atom stereocenters. The lowest BCUT2D eigenvalue weighted by molar-refractivity contribution is -0.358. The highest BCUT2D eigenvalue weighted by atomic mass is 19.3. The molecule has 0 aliphatic heterocycles. The summed E-state index contributed by atoms with van der Waals surface area (Å²) in [5.74, 6) is -15.4. The van der Waals surface area contributed by atoms with Crippen LogP contribution in [-0.4, -0.2) is 22.2 Å². The minimum atomic E-state index is -5.35. The van der Waals surface area contributed by atoms with Crippen LogP contribution >= 0.6 is 0 Å². The molecule has 2 aliphatic rings. The first-order valence-corrected chi connectivity index (χ1v) is 7.85. The summed E-state index contributed by atoms with van der Waals surface area (Å²) < 4.78 is 87.8. The Balaban J connectivity index is 2.14. The summed E-state index contributed by atoms with van der Waals surface area (Å²) in [5.41, 5.74) is -4.44.